The van der Waals surface area contributed by atoms with E-state index in [1.54, 1.807) is 12.1 Å². The molecule has 0 atom stereocenters. The summed E-state index contributed by atoms with van der Waals surface area (Å²) < 4.78 is 1.07. The molecule has 0 bridgehead atoms. The summed E-state index contributed by atoms with van der Waals surface area (Å²) in [6.07, 6.45) is 0. The largest absolute Gasteiger partial charge is 0.334 e. The van der Waals surface area contributed by atoms with Crippen molar-refractivity contribution in [2.45, 2.75) is 13.8 Å². The first kappa shape index (κ1) is 15.2. The van der Waals surface area contributed by atoms with Crippen molar-refractivity contribution in [1.29, 1.82) is 5.26 Å². The number of nitriles is 1. The highest BCUT2D eigenvalue weighted by molar-refractivity contribution is 5.88. The number of aryl methyl sites for hydroxylation is 1. The molecule has 112 valence electrons. The van der Waals surface area contributed by atoms with Crippen molar-refractivity contribution in [3.8, 4) is 11.8 Å². The number of carbonyl (C=O) groups is 1. The molecule has 2 aromatic rings. The molecule has 0 fully saturated rings. The first-order valence-corrected chi connectivity index (χ1v) is 6.36. The number of amides is 2. The maximum atomic E-state index is 12.3. The predicted molar refractivity (Wildman–Crippen MR) is 80.4 cm³/mol. The van der Waals surface area contributed by atoms with Crippen LogP contribution in [0.5, 0.6) is 0 Å². The highest BCUT2D eigenvalue weighted by Gasteiger charge is 2.16. The van der Waals surface area contributed by atoms with E-state index in [-0.39, 0.29) is 16.9 Å². The van der Waals surface area contributed by atoms with Crippen molar-refractivity contribution in [3.05, 3.63) is 51.3 Å². The Balaban J connectivity index is 2.66. The molecular formula is C14H14N6O2. The van der Waals surface area contributed by atoms with Gasteiger partial charge in [-0.25, -0.2) is 10.6 Å². The van der Waals surface area contributed by atoms with Crippen molar-refractivity contribution < 1.29 is 4.79 Å². The van der Waals surface area contributed by atoms with Gasteiger partial charge in [-0.15, -0.1) is 5.10 Å². The molecule has 0 aliphatic rings. The lowest BCUT2D eigenvalue weighted by atomic mass is 10.1. The second kappa shape index (κ2) is 6.07. The van der Waals surface area contributed by atoms with E-state index in [4.69, 9.17) is 5.84 Å². The molecule has 0 saturated carbocycles. The second-order valence-electron chi connectivity index (χ2n) is 4.61. The van der Waals surface area contributed by atoms with Gasteiger partial charge in [0.2, 0.25) is 0 Å². The number of benzene rings is 1. The van der Waals surface area contributed by atoms with Crippen LogP contribution < -0.4 is 22.1 Å². The highest BCUT2D eigenvalue weighted by Crippen LogP contribution is 2.14. The van der Waals surface area contributed by atoms with Gasteiger partial charge in [-0.1, -0.05) is 17.7 Å². The standard InChI is InChI=1S/C14H14N6O2/c1-8-3-5-10(6-4-8)20-13(21)11(7-15)9(2)12(19-20)17-14(22)18-16/h3-6H,16H2,1-2H3,(H2,17,18,19,22). The zero-order valence-electron chi connectivity index (χ0n) is 12.0. The number of carbonyl (C=O) groups excluding carboxylic acids is 1. The van der Waals surface area contributed by atoms with E-state index in [0.717, 1.165) is 10.2 Å². The van der Waals surface area contributed by atoms with Crippen LogP contribution in [0.15, 0.2) is 29.1 Å². The molecule has 2 rings (SSSR count). The average Bonchev–Trinajstić information content (AvgIpc) is 2.51. The Labute approximate surface area is 126 Å². The lowest BCUT2D eigenvalue weighted by molar-refractivity contribution is 0.252. The SMILES string of the molecule is Cc1ccc(-n2nc(NC(=O)NN)c(C)c(C#N)c2=O)cc1. The van der Waals surface area contributed by atoms with Gasteiger partial charge in [-0.05, 0) is 26.0 Å². The van der Waals surface area contributed by atoms with Crippen LogP contribution in [0, 0.1) is 25.2 Å². The number of urea groups is 1. The van der Waals surface area contributed by atoms with Crippen LogP contribution >= 0.6 is 0 Å². The minimum atomic E-state index is -0.700. The molecule has 0 aliphatic heterocycles. The van der Waals surface area contributed by atoms with Crippen molar-refractivity contribution >= 4 is 11.8 Å². The Bertz CT molecular complexity index is 817. The summed E-state index contributed by atoms with van der Waals surface area (Å²) in [5.74, 6) is 5.10. The van der Waals surface area contributed by atoms with Crippen LogP contribution in [0.2, 0.25) is 0 Å². The van der Waals surface area contributed by atoms with Crippen molar-refractivity contribution in [2.75, 3.05) is 5.32 Å². The minimum Gasteiger partial charge on any atom is -0.290 e. The number of nitrogens with zero attached hydrogens (tertiary/aromatic N) is 3. The fourth-order valence-corrected chi connectivity index (χ4v) is 1.86. The third-order valence-corrected chi connectivity index (χ3v) is 3.09. The van der Waals surface area contributed by atoms with Gasteiger partial charge in [0.1, 0.15) is 11.6 Å². The molecule has 0 radical (unpaired) electrons. The molecule has 22 heavy (non-hydrogen) atoms. The fourth-order valence-electron chi connectivity index (χ4n) is 1.86. The third-order valence-electron chi connectivity index (χ3n) is 3.09. The highest BCUT2D eigenvalue weighted by atomic mass is 16.2. The van der Waals surface area contributed by atoms with E-state index in [1.165, 1.54) is 6.92 Å². The van der Waals surface area contributed by atoms with E-state index in [9.17, 15) is 14.9 Å². The number of rotatable bonds is 2. The van der Waals surface area contributed by atoms with Gasteiger partial charge < -0.3 is 0 Å². The van der Waals surface area contributed by atoms with Gasteiger partial charge >= 0.3 is 6.03 Å². The van der Waals surface area contributed by atoms with E-state index in [2.05, 4.69) is 10.4 Å². The first-order valence-electron chi connectivity index (χ1n) is 6.36. The number of anilines is 1. The average molecular weight is 298 g/mol. The van der Waals surface area contributed by atoms with Gasteiger partial charge in [0.15, 0.2) is 5.82 Å². The normalized spacial score (nSPS) is 9.91. The van der Waals surface area contributed by atoms with Crippen LogP contribution in [0.1, 0.15) is 16.7 Å². The molecule has 1 aromatic heterocycles. The molecule has 0 aliphatic carbocycles. The van der Waals surface area contributed by atoms with Crippen LogP contribution in [0.4, 0.5) is 10.6 Å². The summed E-state index contributed by atoms with van der Waals surface area (Å²) in [4.78, 5) is 23.7. The third kappa shape index (κ3) is 2.79. The Morgan fingerprint density at radius 1 is 1.32 bits per heavy atom. The van der Waals surface area contributed by atoms with Crippen molar-refractivity contribution in [3.63, 3.8) is 0 Å². The summed E-state index contributed by atoms with van der Waals surface area (Å²) in [5.41, 5.74) is 3.04. The van der Waals surface area contributed by atoms with Gasteiger partial charge in [0, 0.05) is 5.56 Å². The Morgan fingerprint density at radius 2 is 1.95 bits per heavy atom. The maximum Gasteiger partial charge on any atom is 0.334 e. The van der Waals surface area contributed by atoms with Crippen molar-refractivity contribution in [1.82, 2.24) is 15.2 Å². The van der Waals surface area contributed by atoms with Crippen LogP contribution in [0.3, 0.4) is 0 Å². The topological polar surface area (TPSA) is 126 Å². The summed E-state index contributed by atoms with van der Waals surface area (Å²) in [6.45, 7) is 3.44. The number of nitrogens with one attached hydrogen (secondary N) is 2. The van der Waals surface area contributed by atoms with E-state index >= 15 is 0 Å². The monoisotopic (exact) mass is 298 g/mol. The lowest BCUT2D eigenvalue weighted by Gasteiger charge is -2.12. The Hall–Kier alpha value is -3.18. The number of hydrogen-bond donors (Lipinski definition) is 3. The van der Waals surface area contributed by atoms with Crippen molar-refractivity contribution in [2.24, 2.45) is 5.84 Å². The lowest BCUT2D eigenvalue weighted by Crippen LogP contribution is -2.36. The molecule has 0 spiro atoms. The first-order chi connectivity index (χ1) is 10.5. The smallest absolute Gasteiger partial charge is 0.290 e. The van der Waals surface area contributed by atoms with Gasteiger partial charge in [-0.2, -0.15) is 9.94 Å². The molecular weight excluding hydrogens is 284 g/mol. The minimum absolute atomic E-state index is 0.0830. The zero-order valence-corrected chi connectivity index (χ0v) is 12.0. The van der Waals surface area contributed by atoms with Crippen LogP contribution in [-0.2, 0) is 0 Å². The Kier molecular flexibility index (Phi) is 4.20. The summed E-state index contributed by atoms with van der Waals surface area (Å²) in [5, 5.41) is 15.7. The number of hydrazine groups is 1. The molecule has 4 N–H and O–H groups in total. The van der Waals surface area contributed by atoms with Gasteiger partial charge in [-0.3, -0.25) is 15.5 Å². The zero-order chi connectivity index (χ0) is 16.3. The summed E-state index contributed by atoms with van der Waals surface area (Å²) in [7, 11) is 0. The predicted octanol–water partition coefficient (Wildman–Crippen LogP) is 0.716. The van der Waals surface area contributed by atoms with Crippen LogP contribution in [-0.4, -0.2) is 15.8 Å². The molecule has 8 heteroatoms. The summed E-state index contributed by atoms with van der Waals surface area (Å²) in [6, 6.07) is 8.17. The molecule has 1 aromatic carbocycles. The fraction of sp³-hybridized carbons (Fsp3) is 0.143. The van der Waals surface area contributed by atoms with E-state index in [0.29, 0.717) is 5.69 Å². The molecule has 8 nitrogen and oxygen atoms in total. The molecule has 2 amide bonds. The number of hydrogen-bond acceptors (Lipinski definition) is 5. The number of nitrogens with two attached hydrogens (primary N) is 1. The summed E-state index contributed by atoms with van der Waals surface area (Å²) >= 11 is 0. The molecule has 1 heterocycles. The van der Waals surface area contributed by atoms with E-state index in [1.807, 2.05) is 30.6 Å². The van der Waals surface area contributed by atoms with Gasteiger partial charge in [0.05, 0.1) is 5.69 Å². The van der Waals surface area contributed by atoms with Gasteiger partial charge in [0.25, 0.3) is 5.56 Å². The quantitative estimate of drug-likeness (QED) is 0.428. The molecule has 0 unspecified atom stereocenters. The van der Waals surface area contributed by atoms with E-state index < -0.39 is 11.6 Å². The van der Waals surface area contributed by atoms with Crippen LogP contribution in [0.25, 0.3) is 5.69 Å². The second-order valence-corrected chi connectivity index (χ2v) is 4.61. The molecule has 0 saturated heterocycles. The number of aromatic nitrogens is 2. The maximum absolute atomic E-state index is 12.3. The Morgan fingerprint density at radius 3 is 2.50 bits per heavy atom.